The van der Waals surface area contributed by atoms with E-state index in [0.29, 0.717) is 5.67 Å². The van der Waals surface area contributed by atoms with Gasteiger partial charge in [-0.3, -0.25) is 0 Å². The van der Waals surface area contributed by atoms with Gasteiger partial charge in [0.05, 0.1) is 8.31 Å². The van der Waals surface area contributed by atoms with E-state index in [0.717, 1.165) is 16.5 Å². The maximum Gasteiger partial charge on any atom is 0.303 e. The Kier molecular flexibility index (Phi) is 41.1. The van der Waals surface area contributed by atoms with Crippen LogP contribution in [0.15, 0.2) is 0 Å². The lowest BCUT2D eigenvalue weighted by Crippen LogP contribution is -2.28. The molecule has 0 amide bonds. The van der Waals surface area contributed by atoms with E-state index >= 15 is 0 Å². The highest BCUT2D eigenvalue weighted by Gasteiger charge is 2.15. The molecule has 1 unspecified atom stereocenters. The summed E-state index contributed by atoms with van der Waals surface area (Å²) < 4.78 is 30.8. The van der Waals surface area contributed by atoms with Gasteiger partial charge in [0.2, 0.25) is 8.92 Å². The minimum atomic E-state index is -1.74. The quantitative estimate of drug-likeness (QED) is 0.217. The highest BCUT2D eigenvalue weighted by molar-refractivity contribution is 7.04. The molecule has 33 heavy (non-hydrogen) atoms. The first-order valence-corrected chi connectivity index (χ1v) is 28.5. The van der Waals surface area contributed by atoms with Crippen LogP contribution in [0.2, 0.25) is 51.0 Å². The van der Waals surface area contributed by atoms with Gasteiger partial charge in [-0.15, -0.1) is 0 Å². The van der Waals surface area contributed by atoms with E-state index in [-0.39, 0.29) is 8.92 Å². The Morgan fingerprint density at radius 3 is 1.52 bits per heavy atom. The van der Waals surface area contributed by atoms with Crippen LogP contribution in [0.1, 0.15) is 85.0 Å². The highest BCUT2D eigenvalue weighted by atomic mass is 29.2. The van der Waals surface area contributed by atoms with E-state index in [2.05, 4.69) is 47.0 Å². The van der Waals surface area contributed by atoms with Crippen LogP contribution in [0.3, 0.4) is 0 Å². The second kappa shape index (κ2) is 33.0. The van der Waals surface area contributed by atoms with Crippen LogP contribution in [0.4, 0.5) is 0 Å². The Morgan fingerprint density at radius 2 is 1.24 bits per heavy atom. The number of rotatable bonds is 16. The van der Waals surface area contributed by atoms with Crippen LogP contribution >= 0.6 is 0 Å². The SMILES string of the molecule is CCC.CCCCCCCCCCC[Si](C)(C)O.C[SiH](C)O[SiH](C[SiH]=O)O[SiH3].C[SiH](C)[SiH]=O. The van der Waals surface area contributed by atoms with Gasteiger partial charge in [0.25, 0.3) is 9.41 Å². The average Bonchev–Trinajstić information content (AvgIpc) is 2.72. The van der Waals surface area contributed by atoms with Crippen LogP contribution in [0, 0.1) is 0 Å². The third kappa shape index (κ3) is 55.1. The zero-order valence-electron chi connectivity index (χ0n) is 24.0. The van der Waals surface area contributed by atoms with E-state index in [9.17, 15) is 13.7 Å². The van der Waals surface area contributed by atoms with Gasteiger partial charge in [-0.25, -0.2) is 0 Å². The molecule has 0 heterocycles. The van der Waals surface area contributed by atoms with E-state index in [1.807, 2.05) is 13.1 Å². The molecule has 0 bridgehead atoms. The van der Waals surface area contributed by atoms with Crippen LogP contribution in [-0.4, -0.2) is 68.6 Å². The van der Waals surface area contributed by atoms with Gasteiger partial charge < -0.3 is 21.9 Å². The van der Waals surface area contributed by atoms with Crippen molar-refractivity contribution in [2.75, 3.05) is 0 Å². The van der Waals surface area contributed by atoms with Gasteiger partial charge in [0, 0.05) is 5.67 Å². The van der Waals surface area contributed by atoms with Gasteiger partial charge in [-0.05, 0) is 32.2 Å². The molecule has 5 nitrogen and oxygen atoms in total. The van der Waals surface area contributed by atoms with Gasteiger partial charge >= 0.3 is 9.28 Å². The minimum absolute atomic E-state index is 0.380. The molecule has 0 aromatic carbocycles. The normalized spacial score (nSPS) is 11.5. The molecule has 1 N–H and O–H groups in total. The fourth-order valence-electron chi connectivity index (χ4n) is 2.46. The largest absolute Gasteiger partial charge is 0.447 e. The summed E-state index contributed by atoms with van der Waals surface area (Å²) in [6, 6.07) is 1.09. The maximum atomic E-state index is 10.3. The van der Waals surface area contributed by atoms with Crippen LogP contribution in [0.25, 0.3) is 0 Å². The molecule has 0 saturated carbocycles. The summed E-state index contributed by atoms with van der Waals surface area (Å²) in [6.45, 7) is 19.0. The molecular formula is C21H60O5Si7. The third-order valence-corrected chi connectivity index (χ3v) is 15.7. The summed E-state index contributed by atoms with van der Waals surface area (Å²) in [5.41, 5.74) is 0.717. The Morgan fingerprint density at radius 1 is 0.848 bits per heavy atom. The Hall–Kier alpha value is 0.998. The van der Waals surface area contributed by atoms with Gasteiger partial charge in [0.15, 0.2) is 17.4 Å². The molecule has 0 saturated heterocycles. The lowest BCUT2D eigenvalue weighted by molar-refractivity contribution is 0.459. The average molecular weight is 589 g/mol. The zero-order chi connectivity index (χ0) is 26.5. The molecule has 0 aromatic rings. The summed E-state index contributed by atoms with van der Waals surface area (Å²) in [7, 11) is -5.05. The number of hydrogen-bond acceptors (Lipinski definition) is 5. The summed E-state index contributed by atoms with van der Waals surface area (Å²) in [5.74, 6) is 0. The molecule has 0 aliphatic carbocycles. The second-order valence-corrected chi connectivity index (χ2v) is 29.6. The molecule has 0 aliphatic heterocycles. The lowest BCUT2D eigenvalue weighted by Gasteiger charge is -2.14. The fraction of sp³-hybridized carbons (Fsp3) is 1.00. The minimum Gasteiger partial charge on any atom is -0.447 e. The third-order valence-electron chi connectivity index (χ3n) is 4.14. The molecule has 12 heteroatoms. The second-order valence-electron chi connectivity index (χ2n) is 9.73. The summed E-state index contributed by atoms with van der Waals surface area (Å²) in [6.07, 6.45) is 13.6. The first kappa shape index (κ1) is 41.1. The first-order chi connectivity index (χ1) is 15.4. The molecule has 0 rings (SSSR count). The fourth-order valence-corrected chi connectivity index (χ4v) is 12.0. The van der Waals surface area contributed by atoms with Crippen molar-refractivity contribution < 1.29 is 21.9 Å². The Labute approximate surface area is 221 Å². The zero-order valence-corrected chi connectivity index (χ0v) is 32.7. The predicted octanol–water partition coefficient (Wildman–Crippen LogP) is 4.13. The van der Waals surface area contributed by atoms with E-state index in [1.54, 1.807) is 0 Å². The van der Waals surface area contributed by atoms with Crippen molar-refractivity contribution in [3.05, 3.63) is 0 Å². The molecular weight excluding hydrogens is 529 g/mol. The van der Waals surface area contributed by atoms with Crippen LogP contribution < -0.4 is 0 Å². The predicted molar refractivity (Wildman–Crippen MR) is 165 cm³/mol. The maximum absolute atomic E-state index is 10.3. The van der Waals surface area contributed by atoms with Crippen LogP contribution in [-0.2, 0) is 17.2 Å². The standard InChI is InChI=1S/C13H30OSi.C3H14O3Si4.C3H8.C2H8OSi2/c1-4-5-6-7-8-9-10-11-12-13-15(2,3)14;1-9(2)6-10(5-7)3-8-4;1-3-2;1-5(2)4-3/h14H,4-13H2,1-3H3;8-10H,3H2,1-2,7H3;3H2,1-2H3;4-5H,1-2H3. The topological polar surface area (TPSA) is 72.8 Å². The molecule has 0 spiro atoms. The monoisotopic (exact) mass is 588 g/mol. The van der Waals surface area contributed by atoms with Gasteiger partial charge in [-0.1, -0.05) is 98.1 Å². The number of hydrogen-bond donors (Lipinski definition) is 1. The molecule has 0 radical (unpaired) electrons. The van der Waals surface area contributed by atoms with Crippen molar-refractivity contribution >= 4 is 63.8 Å². The summed E-state index contributed by atoms with van der Waals surface area (Å²) >= 11 is 0. The highest BCUT2D eigenvalue weighted by Crippen LogP contribution is 2.14. The van der Waals surface area contributed by atoms with Gasteiger partial charge in [-0.2, -0.15) is 0 Å². The smallest absolute Gasteiger partial charge is 0.303 e. The summed E-state index contributed by atoms with van der Waals surface area (Å²) in [5, 5.41) is 0. The molecule has 0 aliphatic rings. The van der Waals surface area contributed by atoms with Crippen LogP contribution in [0.5, 0.6) is 0 Å². The van der Waals surface area contributed by atoms with Crippen molar-refractivity contribution in [3.8, 4) is 0 Å². The summed E-state index contributed by atoms with van der Waals surface area (Å²) in [4.78, 5) is 9.66. The van der Waals surface area contributed by atoms with Crippen molar-refractivity contribution in [2.45, 2.75) is 136 Å². The van der Waals surface area contributed by atoms with E-state index in [4.69, 9.17) is 8.23 Å². The van der Waals surface area contributed by atoms with Crippen molar-refractivity contribution in [3.63, 3.8) is 0 Å². The molecule has 0 fully saturated rings. The van der Waals surface area contributed by atoms with E-state index in [1.165, 1.54) is 64.2 Å². The molecule has 202 valence electrons. The molecule has 1 atom stereocenters. The Balaban J connectivity index is -0.000000200. The van der Waals surface area contributed by atoms with E-state index < -0.39 is 44.4 Å². The van der Waals surface area contributed by atoms with Crippen molar-refractivity contribution in [1.82, 2.24) is 0 Å². The lowest BCUT2D eigenvalue weighted by atomic mass is 10.1. The first-order valence-electron chi connectivity index (χ1n) is 13.2. The Bertz CT molecular complexity index is 385. The van der Waals surface area contributed by atoms with Crippen molar-refractivity contribution in [2.24, 2.45) is 0 Å². The van der Waals surface area contributed by atoms with Gasteiger partial charge in [0.1, 0.15) is 10.5 Å². The van der Waals surface area contributed by atoms with Crippen molar-refractivity contribution in [1.29, 1.82) is 0 Å². The number of unbranched alkanes of at least 4 members (excludes halogenated alkanes) is 8. The molecule has 0 aromatic heterocycles.